The van der Waals surface area contributed by atoms with Crippen molar-refractivity contribution < 1.29 is 27.8 Å². The van der Waals surface area contributed by atoms with Crippen LogP contribution in [0, 0.1) is 34.6 Å². The lowest BCUT2D eigenvalue weighted by Crippen LogP contribution is -2.41. The molecule has 1 aliphatic rings. The molecule has 2 N–H and O–H groups in total. The van der Waals surface area contributed by atoms with E-state index in [-0.39, 0.29) is 22.5 Å². The third-order valence-electron chi connectivity index (χ3n) is 5.52. The van der Waals surface area contributed by atoms with Gasteiger partial charge in [0.2, 0.25) is 0 Å². The highest BCUT2D eigenvalue weighted by Crippen LogP contribution is 2.54. The van der Waals surface area contributed by atoms with Crippen molar-refractivity contribution in [1.29, 1.82) is 0 Å². The first-order valence-corrected chi connectivity index (χ1v) is 8.82. The Morgan fingerprint density at radius 2 is 1.15 bits per heavy atom. The number of hydrogen-bond acceptors (Lipinski definition) is 2. The summed E-state index contributed by atoms with van der Waals surface area (Å²) >= 11 is 0. The number of benzene rings is 2. The zero-order valence-electron chi connectivity index (χ0n) is 15.4. The Morgan fingerprint density at radius 1 is 0.778 bits per heavy atom. The minimum Gasteiger partial charge on any atom is -0.503 e. The minimum absolute atomic E-state index is 0.119. The van der Waals surface area contributed by atoms with Gasteiger partial charge in [0.1, 0.15) is 0 Å². The van der Waals surface area contributed by atoms with Crippen LogP contribution in [-0.2, 0) is 5.41 Å². The maximum absolute atomic E-state index is 14.1. The third-order valence-corrected chi connectivity index (χ3v) is 5.52. The summed E-state index contributed by atoms with van der Waals surface area (Å²) in [7, 11) is 0. The number of phenolic OH excluding ortho intramolecular Hbond substituents is 2. The standard InChI is InChI=1S/C21H22F4O2/c1-11-8-20(2,3)10-21(9-11,12-4-14(22)18(26)15(23)5-12)13-6-16(24)19(27)17(25)7-13/h4-7,11,26-27H,8-10H2,1-3H3. The summed E-state index contributed by atoms with van der Waals surface area (Å²) in [6.07, 6.45) is 1.67. The van der Waals surface area contributed by atoms with Crippen LogP contribution in [0.25, 0.3) is 0 Å². The molecule has 1 fully saturated rings. The summed E-state index contributed by atoms with van der Waals surface area (Å²) in [6.45, 7) is 5.98. The molecule has 1 unspecified atom stereocenters. The SMILES string of the molecule is CC1CC(C)(C)CC(c2cc(F)c(O)c(F)c2)(c2cc(F)c(O)c(F)c2)C1. The first-order chi connectivity index (χ1) is 12.4. The molecule has 0 saturated heterocycles. The number of halogens is 4. The van der Waals surface area contributed by atoms with Crippen molar-refractivity contribution in [2.75, 3.05) is 0 Å². The predicted molar refractivity (Wildman–Crippen MR) is 93.6 cm³/mol. The van der Waals surface area contributed by atoms with Crippen molar-refractivity contribution in [1.82, 2.24) is 0 Å². The Morgan fingerprint density at radius 3 is 1.48 bits per heavy atom. The maximum Gasteiger partial charge on any atom is 0.187 e. The van der Waals surface area contributed by atoms with Gasteiger partial charge in [-0.25, -0.2) is 17.6 Å². The van der Waals surface area contributed by atoms with E-state index >= 15 is 0 Å². The van der Waals surface area contributed by atoms with E-state index in [1.54, 1.807) is 0 Å². The van der Waals surface area contributed by atoms with Gasteiger partial charge in [0.05, 0.1) is 0 Å². The molecule has 27 heavy (non-hydrogen) atoms. The lowest BCUT2D eigenvalue weighted by Gasteiger charge is -2.48. The van der Waals surface area contributed by atoms with E-state index < -0.39 is 40.2 Å². The lowest BCUT2D eigenvalue weighted by atomic mass is 9.55. The molecule has 0 amide bonds. The maximum atomic E-state index is 14.1. The van der Waals surface area contributed by atoms with Gasteiger partial charge >= 0.3 is 0 Å². The van der Waals surface area contributed by atoms with Gasteiger partial charge in [0.25, 0.3) is 0 Å². The molecule has 3 rings (SSSR count). The Labute approximate surface area is 155 Å². The first-order valence-electron chi connectivity index (χ1n) is 8.82. The van der Waals surface area contributed by atoms with Crippen LogP contribution < -0.4 is 0 Å². The number of hydrogen-bond donors (Lipinski definition) is 2. The zero-order valence-corrected chi connectivity index (χ0v) is 15.4. The van der Waals surface area contributed by atoms with Crippen LogP contribution >= 0.6 is 0 Å². The van der Waals surface area contributed by atoms with E-state index in [0.717, 1.165) is 30.7 Å². The Bertz CT molecular complexity index is 788. The smallest absolute Gasteiger partial charge is 0.187 e. The van der Waals surface area contributed by atoms with E-state index in [0.29, 0.717) is 12.8 Å². The molecular formula is C21H22F4O2. The van der Waals surface area contributed by atoms with Gasteiger partial charge in [-0.3, -0.25) is 0 Å². The molecule has 0 aliphatic heterocycles. The minimum atomic E-state index is -1.12. The summed E-state index contributed by atoms with van der Waals surface area (Å²) in [5.74, 6) is -6.55. The molecular weight excluding hydrogens is 360 g/mol. The second-order valence-electron chi connectivity index (χ2n) is 8.51. The van der Waals surface area contributed by atoms with Gasteiger partial charge in [-0.1, -0.05) is 20.8 Å². The predicted octanol–water partition coefficient (Wildman–Crippen LogP) is 5.79. The fourth-order valence-electron chi connectivity index (χ4n) is 4.86. The molecule has 0 spiro atoms. The van der Waals surface area contributed by atoms with Crippen LogP contribution in [0.1, 0.15) is 51.2 Å². The van der Waals surface area contributed by atoms with Crippen molar-refractivity contribution in [3.63, 3.8) is 0 Å². The second-order valence-corrected chi connectivity index (χ2v) is 8.51. The van der Waals surface area contributed by atoms with E-state index in [9.17, 15) is 27.8 Å². The van der Waals surface area contributed by atoms with E-state index in [4.69, 9.17) is 0 Å². The summed E-state index contributed by atoms with van der Waals surface area (Å²) in [6, 6.07) is 4.09. The van der Waals surface area contributed by atoms with Crippen molar-refractivity contribution in [3.05, 3.63) is 58.7 Å². The summed E-state index contributed by atoms with van der Waals surface area (Å²) in [4.78, 5) is 0. The molecule has 2 nitrogen and oxygen atoms in total. The highest BCUT2D eigenvalue weighted by Gasteiger charge is 2.46. The topological polar surface area (TPSA) is 40.5 Å². The largest absolute Gasteiger partial charge is 0.503 e. The van der Waals surface area contributed by atoms with Crippen LogP contribution in [0.2, 0.25) is 0 Å². The summed E-state index contributed by atoms with van der Waals surface area (Å²) in [5.41, 5.74) is -0.905. The average molecular weight is 382 g/mol. The quantitative estimate of drug-likeness (QED) is 0.646. The van der Waals surface area contributed by atoms with Gasteiger partial charge in [-0.2, -0.15) is 0 Å². The molecule has 1 atom stereocenters. The fraction of sp³-hybridized carbons (Fsp3) is 0.429. The highest BCUT2D eigenvalue weighted by atomic mass is 19.1. The normalized spacial score (nSPS) is 21.2. The van der Waals surface area contributed by atoms with E-state index in [1.165, 1.54) is 0 Å². The van der Waals surface area contributed by atoms with Crippen LogP contribution in [0.15, 0.2) is 24.3 Å². The molecule has 146 valence electrons. The molecule has 1 saturated carbocycles. The molecule has 0 bridgehead atoms. The average Bonchev–Trinajstić information content (AvgIpc) is 2.54. The van der Waals surface area contributed by atoms with E-state index in [2.05, 4.69) is 0 Å². The summed E-state index contributed by atoms with van der Waals surface area (Å²) < 4.78 is 56.5. The molecule has 2 aromatic rings. The molecule has 1 aliphatic carbocycles. The lowest BCUT2D eigenvalue weighted by molar-refractivity contribution is 0.126. The molecule has 0 aromatic heterocycles. The summed E-state index contributed by atoms with van der Waals surface area (Å²) in [5, 5.41) is 18.9. The van der Waals surface area contributed by atoms with E-state index in [1.807, 2.05) is 20.8 Å². The van der Waals surface area contributed by atoms with Crippen molar-refractivity contribution >= 4 is 0 Å². The number of aromatic hydroxyl groups is 2. The van der Waals surface area contributed by atoms with Gasteiger partial charge in [0.15, 0.2) is 34.8 Å². The fourth-order valence-corrected chi connectivity index (χ4v) is 4.86. The van der Waals surface area contributed by atoms with Crippen LogP contribution in [0.3, 0.4) is 0 Å². The van der Waals surface area contributed by atoms with Gasteiger partial charge in [-0.05, 0) is 66.0 Å². The van der Waals surface area contributed by atoms with Crippen molar-refractivity contribution in [2.45, 2.75) is 45.4 Å². The Kier molecular flexibility index (Phi) is 4.65. The van der Waals surface area contributed by atoms with Crippen LogP contribution in [0.4, 0.5) is 17.6 Å². The van der Waals surface area contributed by atoms with Crippen molar-refractivity contribution in [3.8, 4) is 11.5 Å². The van der Waals surface area contributed by atoms with Gasteiger partial charge in [-0.15, -0.1) is 0 Å². The molecule has 0 heterocycles. The number of rotatable bonds is 2. The Hall–Kier alpha value is -2.24. The van der Waals surface area contributed by atoms with Crippen molar-refractivity contribution in [2.24, 2.45) is 11.3 Å². The van der Waals surface area contributed by atoms with Crippen LogP contribution in [0.5, 0.6) is 11.5 Å². The monoisotopic (exact) mass is 382 g/mol. The molecule has 2 aromatic carbocycles. The highest BCUT2D eigenvalue weighted by molar-refractivity contribution is 5.46. The zero-order chi connectivity index (χ0) is 20.1. The number of phenols is 2. The Balaban J connectivity index is 2.31. The van der Waals surface area contributed by atoms with Crippen LogP contribution in [-0.4, -0.2) is 10.2 Å². The van der Waals surface area contributed by atoms with Gasteiger partial charge in [0, 0.05) is 5.41 Å². The third kappa shape index (κ3) is 3.37. The molecule has 6 heteroatoms. The van der Waals surface area contributed by atoms with Gasteiger partial charge < -0.3 is 10.2 Å². The molecule has 0 radical (unpaired) electrons. The first kappa shape index (κ1) is 19.5. The second kappa shape index (κ2) is 6.43.